The van der Waals surface area contributed by atoms with Crippen molar-refractivity contribution in [2.24, 2.45) is 5.84 Å². The van der Waals surface area contributed by atoms with Crippen LogP contribution in [0.1, 0.15) is 12.8 Å². The minimum absolute atomic E-state index is 0.0163. The van der Waals surface area contributed by atoms with Gasteiger partial charge in [0.25, 0.3) is 0 Å². The number of carbonyl (C=O) groups is 2. The lowest BCUT2D eigenvalue weighted by Gasteiger charge is -2.06. The van der Waals surface area contributed by atoms with Crippen LogP contribution in [0.4, 0.5) is 0 Å². The van der Waals surface area contributed by atoms with Gasteiger partial charge in [0.2, 0.25) is 11.8 Å². The molecule has 4 N–H and O–H groups in total. The molecule has 0 atom stereocenters. The highest BCUT2D eigenvalue weighted by molar-refractivity contribution is 8.76. The van der Waals surface area contributed by atoms with Gasteiger partial charge in [-0.15, -0.1) is 0 Å². The molecule has 0 saturated heterocycles. The standard InChI is InChI=1S/C13H20N4O3S2/c14-17-12(19)4-8-20-9-7-15-11(18)5-10-21-22-13-3-1-2-6-16-13/h1-3,6H,4-5,7-10,14H2,(H,15,18)(H,17,19). The molecule has 0 aromatic carbocycles. The molecule has 0 spiro atoms. The van der Waals surface area contributed by atoms with Gasteiger partial charge in [0.05, 0.1) is 19.6 Å². The first-order valence-corrected chi connectivity index (χ1v) is 9.08. The smallest absolute Gasteiger partial charge is 0.236 e. The Kier molecular flexibility index (Phi) is 10.5. The molecule has 122 valence electrons. The third-order valence-corrected chi connectivity index (χ3v) is 4.66. The van der Waals surface area contributed by atoms with E-state index in [2.05, 4.69) is 10.3 Å². The fraction of sp³-hybridized carbons (Fsp3) is 0.462. The number of amides is 2. The minimum Gasteiger partial charge on any atom is -0.379 e. The minimum atomic E-state index is -0.272. The van der Waals surface area contributed by atoms with Crippen LogP contribution in [0.25, 0.3) is 0 Å². The maximum absolute atomic E-state index is 11.6. The third kappa shape index (κ3) is 9.61. The van der Waals surface area contributed by atoms with E-state index in [1.54, 1.807) is 27.8 Å². The van der Waals surface area contributed by atoms with Crippen molar-refractivity contribution in [1.29, 1.82) is 0 Å². The van der Waals surface area contributed by atoms with Gasteiger partial charge in [-0.25, -0.2) is 10.8 Å². The number of nitrogens with one attached hydrogen (secondary N) is 2. The number of pyridine rings is 1. The SMILES string of the molecule is NNC(=O)CCOCCNC(=O)CCSSc1ccccn1. The second-order valence-corrected chi connectivity index (χ2v) is 6.54. The molecule has 7 nitrogen and oxygen atoms in total. The Bertz CT molecular complexity index is 448. The highest BCUT2D eigenvalue weighted by Gasteiger charge is 2.02. The van der Waals surface area contributed by atoms with Crippen molar-refractivity contribution in [3.8, 4) is 0 Å². The summed E-state index contributed by atoms with van der Waals surface area (Å²) in [4.78, 5) is 26.5. The fourth-order valence-electron chi connectivity index (χ4n) is 1.32. The monoisotopic (exact) mass is 344 g/mol. The zero-order valence-electron chi connectivity index (χ0n) is 12.1. The van der Waals surface area contributed by atoms with E-state index in [9.17, 15) is 9.59 Å². The zero-order chi connectivity index (χ0) is 16.0. The zero-order valence-corrected chi connectivity index (χ0v) is 13.8. The van der Waals surface area contributed by atoms with Gasteiger partial charge in [0.1, 0.15) is 5.03 Å². The molecular formula is C13H20N4O3S2. The molecule has 0 aliphatic rings. The Balaban J connectivity index is 1.92. The average Bonchev–Trinajstić information content (AvgIpc) is 2.55. The van der Waals surface area contributed by atoms with E-state index in [0.29, 0.717) is 25.3 Å². The van der Waals surface area contributed by atoms with Gasteiger partial charge in [-0.2, -0.15) is 0 Å². The summed E-state index contributed by atoms with van der Waals surface area (Å²) in [7, 11) is 3.15. The molecule has 2 amide bonds. The Morgan fingerprint density at radius 2 is 2.09 bits per heavy atom. The van der Waals surface area contributed by atoms with Crippen molar-refractivity contribution in [2.45, 2.75) is 17.9 Å². The molecule has 1 rings (SSSR count). The van der Waals surface area contributed by atoms with Gasteiger partial charge < -0.3 is 10.1 Å². The molecule has 0 fully saturated rings. The summed E-state index contributed by atoms with van der Waals surface area (Å²) < 4.78 is 5.19. The van der Waals surface area contributed by atoms with Gasteiger partial charge >= 0.3 is 0 Å². The largest absolute Gasteiger partial charge is 0.379 e. The maximum Gasteiger partial charge on any atom is 0.236 e. The summed E-state index contributed by atoms with van der Waals surface area (Å²) >= 11 is 0. The van der Waals surface area contributed by atoms with Crippen LogP contribution in [0.3, 0.4) is 0 Å². The van der Waals surface area contributed by atoms with Crippen molar-refractivity contribution >= 4 is 33.4 Å². The van der Waals surface area contributed by atoms with Crippen molar-refractivity contribution in [1.82, 2.24) is 15.7 Å². The number of hydrogen-bond acceptors (Lipinski definition) is 7. The molecule has 9 heteroatoms. The molecule has 0 saturated carbocycles. The normalized spacial score (nSPS) is 10.2. The summed E-state index contributed by atoms with van der Waals surface area (Å²) in [6.07, 6.45) is 2.40. The van der Waals surface area contributed by atoms with E-state index in [0.717, 1.165) is 5.03 Å². The lowest BCUT2D eigenvalue weighted by molar-refractivity contribution is -0.123. The van der Waals surface area contributed by atoms with E-state index >= 15 is 0 Å². The molecule has 1 heterocycles. The van der Waals surface area contributed by atoms with Crippen molar-refractivity contribution in [3.63, 3.8) is 0 Å². The number of carbonyl (C=O) groups excluding carboxylic acids is 2. The van der Waals surface area contributed by atoms with Crippen LogP contribution in [-0.4, -0.2) is 42.3 Å². The number of rotatable bonds is 11. The molecule has 1 aromatic rings. The predicted molar refractivity (Wildman–Crippen MR) is 87.9 cm³/mol. The predicted octanol–water partition coefficient (Wildman–Crippen LogP) is 0.725. The quantitative estimate of drug-likeness (QED) is 0.179. The van der Waals surface area contributed by atoms with Crippen LogP contribution >= 0.6 is 21.6 Å². The molecule has 0 aliphatic carbocycles. The number of nitrogens with two attached hydrogens (primary N) is 1. The Labute approximate surface area is 137 Å². The second kappa shape index (κ2) is 12.3. The van der Waals surface area contributed by atoms with Gasteiger partial charge in [-0.3, -0.25) is 15.0 Å². The first-order chi connectivity index (χ1) is 10.7. The topological polar surface area (TPSA) is 106 Å². The molecule has 0 bridgehead atoms. The van der Waals surface area contributed by atoms with Gasteiger partial charge in [0, 0.05) is 24.9 Å². The van der Waals surface area contributed by atoms with E-state index < -0.39 is 0 Å². The molecule has 0 aliphatic heterocycles. The summed E-state index contributed by atoms with van der Waals surface area (Å²) in [5.74, 6) is 5.35. The molecule has 0 radical (unpaired) electrons. The number of hydrazine groups is 1. The van der Waals surface area contributed by atoms with Crippen LogP contribution < -0.4 is 16.6 Å². The summed E-state index contributed by atoms with van der Waals surface area (Å²) in [6, 6.07) is 5.73. The summed E-state index contributed by atoms with van der Waals surface area (Å²) in [5.41, 5.74) is 2.02. The lowest BCUT2D eigenvalue weighted by atomic mass is 10.4. The van der Waals surface area contributed by atoms with Gasteiger partial charge in [-0.1, -0.05) is 16.9 Å². The van der Waals surface area contributed by atoms with E-state index in [1.807, 2.05) is 23.6 Å². The van der Waals surface area contributed by atoms with Gasteiger partial charge in [-0.05, 0) is 22.9 Å². The first-order valence-electron chi connectivity index (χ1n) is 6.76. The second-order valence-electron chi connectivity index (χ2n) is 4.10. The summed E-state index contributed by atoms with van der Waals surface area (Å²) in [5, 5.41) is 3.69. The molecular weight excluding hydrogens is 324 g/mol. The van der Waals surface area contributed by atoms with Crippen LogP contribution in [0.15, 0.2) is 29.4 Å². The number of ether oxygens (including phenoxy) is 1. The van der Waals surface area contributed by atoms with Crippen LogP contribution in [0, 0.1) is 0 Å². The van der Waals surface area contributed by atoms with Crippen molar-refractivity contribution < 1.29 is 14.3 Å². The fourth-order valence-corrected chi connectivity index (χ4v) is 3.19. The van der Waals surface area contributed by atoms with Crippen molar-refractivity contribution in [2.75, 3.05) is 25.5 Å². The molecule has 1 aromatic heterocycles. The third-order valence-electron chi connectivity index (χ3n) is 2.40. The van der Waals surface area contributed by atoms with Crippen LogP contribution in [0.2, 0.25) is 0 Å². The van der Waals surface area contributed by atoms with Crippen LogP contribution in [0.5, 0.6) is 0 Å². The van der Waals surface area contributed by atoms with E-state index in [-0.39, 0.29) is 24.8 Å². The van der Waals surface area contributed by atoms with Gasteiger partial charge in [0.15, 0.2) is 0 Å². The Morgan fingerprint density at radius 1 is 1.23 bits per heavy atom. The Hall–Kier alpha value is -1.29. The van der Waals surface area contributed by atoms with Crippen LogP contribution in [-0.2, 0) is 14.3 Å². The summed E-state index contributed by atoms with van der Waals surface area (Å²) in [6.45, 7) is 1.09. The Morgan fingerprint density at radius 3 is 2.82 bits per heavy atom. The highest BCUT2D eigenvalue weighted by atomic mass is 33.1. The first kappa shape index (κ1) is 18.8. The average molecular weight is 344 g/mol. The number of aromatic nitrogens is 1. The molecule has 22 heavy (non-hydrogen) atoms. The molecule has 0 unspecified atom stereocenters. The number of hydrogen-bond donors (Lipinski definition) is 3. The van der Waals surface area contributed by atoms with E-state index in [1.165, 1.54) is 0 Å². The highest BCUT2D eigenvalue weighted by Crippen LogP contribution is 2.29. The lowest BCUT2D eigenvalue weighted by Crippen LogP contribution is -2.31. The van der Waals surface area contributed by atoms with Crippen molar-refractivity contribution in [3.05, 3.63) is 24.4 Å². The number of nitrogens with zero attached hydrogens (tertiary/aromatic N) is 1. The van der Waals surface area contributed by atoms with E-state index in [4.69, 9.17) is 10.6 Å². The maximum atomic E-state index is 11.6.